The summed E-state index contributed by atoms with van der Waals surface area (Å²) in [5, 5.41) is 3.78. The van der Waals surface area contributed by atoms with Gasteiger partial charge in [-0.05, 0) is 30.1 Å². The van der Waals surface area contributed by atoms with Crippen LogP contribution in [0.4, 0.5) is 10.8 Å². The Labute approximate surface area is 123 Å². The van der Waals surface area contributed by atoms with Crippen LogP contribution in [-0.2, 0) is 11.2 Å². The van der Waals surface area contributed by atoms with E-state index in [-0.39, 0.29) is 5.82 Å². The van der Waals surface area contributed by atoms with E-state index in [4.69, 9.17) is 17.3 Å². The third-order valence-electron chi connectivity index (χ3n) is 2.39. The van der Waals surface area contributed by atoms with Gasteiger partial charge in [-0.1, -0.05) is 11.6 Å². The van der Waals surface area contributed by atoms with E-state index < -0.39 is 5.97 Å². The van der Waals surface area contributed by atoms with Crippen molar-refractivity contribution < 1.29 is 9.53 Å². The molecule has 0 spiro atoms. The lowest BCUT2D eigenvalue weighted by Crippen LogP contribution is -2.09. The first kappa shape index (κ1) is 14.1. The normalized spacial score (nSPS) is 10.4. The maximum atomic E-state index is 11.6. The van der Waals surface area contributed by atoms with Crippen molar-refractivity contribution in [2.45, 2.75) is 6.42 Å². The van der Waals surface area contributed by atoms with Gasteiger partial charge in [-0.3, -0.25) is 0 Å². The predicted octanol–water partition coefficient (Wildman–Crippen LogP) is 2.88. The SMILES string of the molecule is COC(=O)c1c(N)nsc1NCCc1ccc(Cl)s1. The van der Waals surface area contributed by atoms with Crippen LogP contribution < -0.4 is 11.1 Å². The number of aromatic nitrogens is 1. The Hall–Kier alpha value is -1.31. The molecule has 8 heteroatoms. The Morgan fingerprint density at radius 2 is 2.37 bits per heavy atom. The zero-order valence-corrected chi connectivity index (χ0v) is 12.5. The molecule has 0 aliphatic heterocycles. The Balaban J connectivity index is 1.98. The van der Waals surface area contributed by atoms with Crippen molar-refractivity contribution in [2.24, 2.45) is 0 Å². The number of esters is 1. The van der Waals surface area contributed by atoms with Gasteiger partial charge in [0.15, 0.2) is 5.82 Å². The number of nitrogens with one attached hydrogen (secondary N) is 1. The second kappa shape index (κ2) is 6.23. The summed E-state index contributed by atoms with van der Waals surface area (Å²) in [4.78, 5) is 12.7. The second-order valence-corrected chi connectivity index (χ2v) is 6.22. The minimum Gasteiger partial charge on any atom is -0.465 e. The van der Waals surface area contributed by atoms with E-state index in [0.29, 0.717) is 17.1 Å². The van der Waals surface area contributed by atoms with Gasteiger partial charge >= 0.3 is 5.97 Å². The van der Waals surface area contributed by atoms with Gasteiger partial charge in [0, 0.05) is 11.4 Å². The van der Waals surface area contributed by atoms with E-state index in [9.17, 15) is 4.79 Å². The standard InChI is InChI=1S/C11H12ClN3O2S2/c1-17-11(16)8-9(13)15-19-10(8)14-5-4-6-2-3-7(12)18-6/h2-3,14H,4-5H2,1H3,(H2,13,15). The molecule has 5 nitrogen and oxygen atoms in total. The zero-order valence-electron chi connectivity index (χ0n) is 10.1. The number of hydrogen-bond donors (Lipinski definition) is 2. The highest BCUT2D eigenvalue weighted by Crippen LogP contribution is 2.28. The van der Waals surface area contributed by atoms with Gasteiger partial charge < -0.3 is 15.8 Å². The van der Waals surface area contributed by atoms with Crippen LogP contribution in [0.2, 0.25) is 4.34 Å². The summed E-state index contributed by atoms with van der Waals surface area (Å²) >= 11 is 8.55. The van der Waals surface area contributed by atoms with Crippen LogP contribution in [0.15, 0.2) is 12.1 Å². The molecule has 19 heavy (non-hydrogen) atoms. The van der Waals surface area contributed by atoms with Gasteiger partial charge in [0.1, 0.15) is 10.6 Å². The maximum absolute atomic E-state index is 11.6. The largest absolute Gasteiger partial charge is 0.465 e. The van der Waals surface area contributed by atoms with E-state index in [1.54, 1.807) is 0 Å². The number of nitrogens with two attached hydrogens (primary N) is 1. The van der Waals surface area contributed by atoms with Crippen LogP contribution in [0, 0.1) is 0 Å². The van der Waals surface area contributed by atoms with Crippen LogP contribution in [0.5, 0.6) is 0 Å². The number of thiophene rings is 1. The van der Waals surface area contributed by atoms with Crippen molar-refractivity contribution >= 4 is 51.3 Å². The van der Waals surface area contributed by atoms with Crippen molar-refractivity contribution in [1.29, 1.82) is 0 Å². The summed E-state index contributed by atoms with van der Waals surface area (Å²) in [6.45, 7) is 0.669. The number of anilines is 2. The number of nitrogens with zero attached hydrogens (tertiary/aromatic N) is 1. The number of carbonyl (C=O) groups excluding carboxylic acids is 1. The average molecular weight is 318 g/mol. The van der Waals surface area contributed by atoms with Crippen LogP contribution in [0.1, 0.15) is 15.2 Å². The van der Waals surface area contributed by atoms with Crippen LogP contribution in [0.3, 0.4) is 0 Å². The number of halogens is 1. The molecule has 0 bridgehead atoms. The molecule has 0 fully saturated rings. The number of ether oxygens (including phenoxy) is 1. The van der Waals surface area contributed by atoms with Gasteiger partial charge in [0.2, 0.25) is 0 Å². The van der Waals surface area contributed by atoms with Crippen LogP contribution >= 0.6 is 34.5 Å². The molecule has 0 radical (unpaired) electrons. The second-order valence-electron chi connectivity index (χ2n) is 3.65. The molecule has 0 saturated carbocycles. The van der Waals surface area contributed by atoms with E-state index in [1.165, 1.54) is 23.3 Å². The van der Waals surface area contributed by atoms with Crippen molar-refractivity contribution in [3.8, 4) is 0 Å². The number of rotatable bonds is 5. The molecule has 3 N–H and O–H groups in total. The summed E-state index contributed by atoms with van der Waals surface area (Å²) in [6, 6.07) is 3.85. The summed E-state index contributed by atoms with van der Waals surface area (Å²) in [5.74, 6) is -0.286. The highest BCUT2D eigenvalue weighted by molar-refractivity contribution is 7.16. The average Bonchev–Trinajstić information content (AvgIpc) is 2.96. The fraction of sp³-hybridized carbons (Fsp3) is 0.273. The molecule has 0 amide bonds. The summed E-state index contributed by atoms with van der Waals surface area (Å²) in [6.07, 6.45) is 0.815. The van der Waals surface area contributed by atoms with Gasteiger partial charge in [-0.15, -0.1) is 11.3 Å². The summed E-state index contributed by atoms with van der Waals surface area (Å²) < 4.78 is 9.40. The third-order valence-corrected chi connectivity index (χ3v) is 4.50. The predicted molar refractivity (Wildman–Crippen MR) is 79.4 cm³/mol. The van der Waals surface area contributed by atoms with Crippen molar-refractivity contribution in [3.05, 3.63) is 26.9 Å². The minimum atomic E-state index is -0.479. The van der Waals surface area contributed by atoms with E-state index in [0.717, 1.165) is 22.3 Å². The van der Waals surface area contributed by atoms with Crippen LogP contribution in [0.25, 0.3) is 0 Å². The van der Waals surface area contributed by atoms with E-state index >= 15 is 0 Å². The van der Waals surface area contributed by atoms with Crippen molar-refractivity contribution in [2.75, 3.05) is 24.7 Å². The number of hydrogen-bond acceptors (Lipinski definition) is 7. The van der Waals surface area contributed by atoms with Gasteiger partial charge in [-0.25, -0.2) is 4.79 Å². The molecule has 0 aliphatic carbocycles. The molecule has 2 aromatic rings. The first-order chi connectivity index (χ1) is 9.11. The fourth-order valence-electron chi connectivity index (χ4n) is 1.51. The molecule has 0 saturated heterocycles. The lowest BCUT2D eigenvalue weighted by molar-refractivity contribution is 0.0603. The molecule has 0 aliphatic rings. The van der Waals surface area contributed by atoms with Crippen molar-refractivity contribution in [1.82, 2.24) is 4.37 Å². The highest BCUT2D eigenvalue weighted by Gasteiger charge is 2.19. The Bertz CT molecular complexity index is 582. The highest BCUT2D eigenvalue weighted by atomic mass is 35.5. The lowest BCUT2D eigenvalue weighted by Gasteiger charge is -2.04. The molecule has 0 atom stereocenters. The van der Waals surface area contributed by atoms with Gasteiger partial charge in [0.25, 0.3) is 0 Å². The molecule has 0 unspecified atom stereocenters. The van der Waals surface area contributed by atoms with Gasteiger partial charge in [-0.2, -0.15) is 4.37 Å². The Morgan fingerprint density at radius 1 is 1.58 bits per heavy atom. The molecular weight excluding hydrogens is 306 g/mol. The molecular formula is C11H12ClN3O2S2. The number of carbonyl (C=O) groups is 1. The Kier molecular flexibility index (Phi) is 4.62. The summed E-state index contributed by atoms with van der Waals surface area (Å²) in [5.41, 5.74) is 5.95. The van der Waals surface area contributed by atoms with Crippen LogP contribution in [-0.4, -0.2) is 24.0 Å². The number of nitrogen functional groups attached to an aromatic ring is 1. The maximum Gasteiger partial charge on any atom is 0.344 e. The van der Waals surface area contributed by atoms with Crippen molar-refractivity contribution in [3.63, 3.8) is 0 Å². The topological polar surface area (TPSA) is 77.2 Å². The fourth-order valence-corrected chi connectivity index (χ4v) is 3.32. The minimum absolute atomic E-state index is 0.193. The first-order valence-electron chi connectivity index (χ1n) is 5.43. The lowest BCUT2D eigenvalue weighted by atomic mass is 10.3. The molecule has 102 valence electrons. The smallest absolute Gasteiger partial charge is 0.344 e. The zero-order chi connectivity index (χ0) is 13.8. The monoisotopic (exact) mass is 317 g/mol. The molecule has 0 aromatic carbocycles. The van der Waals surface area contributed by atoms with E-state index in [1.807, 2.05) is 12.1 Å². The Morgan fingerprint density at radius 3 is 3.00 bits per heavy atom. The molecule has 2 rings (SSSR count). The number of methoxy groups -OCH3 is 1. The third kappa shape index (κ3) is 3.37. The quantitative estimate of drug-likeness (QED) is 0.829. The molecule has 2 aromatic heterocycles. The first-order valence-corrected chi connectivity index (χ1v) is 7.40. The molecule has 2 heterocycles. The summed E-state index contributed by atoms with van der Waals surface area (Å²) in [7, 11) is 1.32. The van der Waals surface area contributed by atoms with E-state index in [2.05, 4.69) is 14.4 Å². The van der Waals surface area contributed by atoms with Gasteiger partial charge in [0.05, 0.1) is 11.4 Å².